The average Bonchev–Trinajstić information content (AvgIpc) is 3.02. The molecule has 0 atom stereocenters. The van der Waals surface area contributed by atoms with Crippen molar-refractivity contribution in [3.63, 3.8) is 0 Å². The van der Waals surface area contributed by atoms with E-state index in [-0.39, 0.29) is 40.0 Å². The highest BCUT2D eigenvalue weighted by Crippen LogP contribution is 2.34. The number of rotatable bonds is 8. The summed E-state index contributed by atoms with van der Waals surface area (Å²) in [5.74, 6) is -3.91. The lowest BCUT2D eigenvalue weighted by Crippen LogP contribution is -2.21. The quantitative estimate of drug-likeness (QED) is 0.407. The van der Waals surface area contributed by atoms with Gasteiger partial charge < -0.3 is 29.7 Å². The van der Waals surface area contributed by atoms with Crippen LogP contribution >= 0.6 is 11.3 Å². The molecule has 0 unspecified atom stereocenters. The third kappa shape index (κ3) is 5.72. The Morgan fingerprint density at radius 3 is 2.23 bits per heavy atom. The lowest BCUT2D eigenvalue weighted by Gasteiger charge is -2.08. The number of hydrogen-bond acceptors (Lipinski definition) is 10. The molecule has 0 saturated heterocycles. The van der Waals surface area contributed by atoms with Crippen molar-refractivity contribution < 1.29 is 43.6 Å². The Hall–Kier alpha value is -3.60. The second-order valence-corrected chi connectivity index (χ2v) is 7.05. The van der Waals surface area contributed by atoms with Gasteiger partial charge in [0.25, 0.3) is 5.91 Å². The summed E-state index contributed by atoms with van der Waals surface area (Å²) < 4.78 is 14.8. The van der Waals surface area contributed by atoms with Gasteiger partial charge in [-0.05, 0) is 38.5 Å². The number of aromatic hydroxyl groups is 2. The van der Waals surface area contributed by atoms with E-state index >= 15 is 0 Å². The molecule has 10 nitrogen and oxygen atoms in total. The van der Waals surface area contributed by atoms with Crippen LogP contribution in [0.2, 0.25) is 0 Å². The van der Waals surface area contributed by atoms with Gasteiger partial charge in [-0.2, -0.15) is 0 Å². The minimum absolute atomic E-state index is 0.00533. The Morgan fingerprint density at radius 2 is 1.61 bits per heavy atom. The summed E-state index contributed by atoms with van der Waals surface area (Å²) in [6.45, 7) is 4.26. The predicted octanol–water partition coefficient (Wildman–Crippen LogP) is 2.62. The first kappa shape index (κ1) is 23.7. The molecule has 0 aliphatic carbocycles. The van der Waals surface area contributed by atoms with E-state index in [1.54, 1.807) is 13.8 Å². The van der Waals surface area contributed by atoms with Crippen molar-refractivity contribution in [3.8, 4) is 11.5 Å². The normalized spacial score (nSPS) is 10.3. The Bertz CT molecular complexity index is 1010. The summed E-state index contributed by atoms with van der Waals surface area (Å²) in [7, 11) is 0. The van der Waals surface area contributed by atoms with Gasteiger partial charge in [0.15, 0.2) is 6.61 Å². The van der Waals surface area contributed by atoms with Crippen molar-refractivity contribution in [1.82, 2.24) is 0 Å². The zero-order valence-electron chi connectivity index (χ0n) is 17.0. The molecular formula is C20H21NO9S. The SMILES string of the molecule is CCOC(=O)c1sc(NC(=O)COC(=O)c2ccc(O)cc2O)c(C(=O)OCC)c1C. The van der Waals surface area contributed by atoms with Gasteiger partial charge >= 0.3 is 17.9 Å². The molecule has 1 heterocycles. The highest BCUT2D eigenvalue weighted by Gasteiger charge is 2.27. The molecule has 1 aromatic carbocycles. The van der Waals surface area contributed by atoms with E-state index in [0.717, 1.165) is 23.5 Å². The molecule has 166 valence electrons. The molecule has 0 aliphatic rings. The number of thiophene rings is 1. The Balaban J connectivity index is 2.17. The van der Waals surface area contributed by atoms with E-state index in [0.29, 0.717) is 5.56 Å². The van der Waals surface area contributed by atoms with Gasteiger partial charge in [0, 0.05) is 6.07 Å². The fraction of sp³-hybridized carbons (Fsp3) is 0.300. The van der Waals surface area contributed by atoms with Crippen LogP contribution < -0.4 is 5.32 Å². The first-order valence-corrected chi connectivity index (χ1v) is 9.97. The van der Waals surface area contributed by atoms with E-state index in [2.05, 4.69) is 5.32 Å². The average molecular weight is 451 g/mol. The number of benzene rings is 1. The van der Waals surface area contributed by atoms with Crippen LogP contribution in [0.1, 0.15) is 49.8 Å². The number of ether oxygens (including phenoxy) is 3. The van der Waals surface area contributed by atoms with E-state index in [9.17, 15) is 29.4 Å². The van der Waals surface area contributed by atoms with Crippen LogP contribution in [0.3, 0.4) is 0 Å². The van der Waals surface area contributed by atoms with Crippen molar-refractivity contribution in [1.29, 1.82) is 0 Å². The number of hydrogen-bond donors (Lipinski definition) is 3. The molecule has 0 fully saturated rings. The van der Waals surface area contributed by atoms with Gasteiger partial charge in [-0.25, -0.2) is 14.4 Å². The number of nitrogens with one attached hydrogen (secondary N) is 1. The summed E-state index contributed by atoms with van der Waals surface area (Å²) in [4.78, 5) is 48.9. The minimum Gasteiger partial charge on any atom is -0.508 e. The van der Waals surface area contributed by atoms with E-state index in [1.165, 1.54) is 13.0 Å². The van der Waals surface area contributed by atoms with Gasteiger partial charge in [-0.1, -0.05) is 0 Å². The minimum atomic E-state index is -0.993. The van der Waals surface area contributed by atoms with Crippen molar-refractivity contribution in [2.45, 2.75) is 20.8 Å². The summed E-state index contributed by atoms with van der Waals surface area (Å²) in [5.41, 5.74) is 0.0587. The highest BCUT2D eigenvalue weighted by atomic mass is 32.1. The maximum absolute atomic E-state index is 12.3. The fourth-order valence-electron chi connectivity index (χ4n) is 2.51. The van der Waals surface area contributed by atoms with Gasteiger partial charge in [-0.3, -0.25) is 4.79 Å². The predicted molar refractivity (Wildman–Crippen MR) is 110 cm³/mol. The topological polar surface area (TPSA) is 148 Å². The Morgan fingerprint density at radius 1 is 0.968 bits per heavy atom. The molecule has 3 N–H and O–H groups in total. The molecule has 2 aromatic rings. The van der Waals surface area contributed by atoms with E-state index < -0.39 is 36.2 Å². The maximum atomic E-state index is 12.3. The van der Waals surface area contributed by atoms with Gasteiger partial charge in [0.2, 0.25) is 0 Å². The monoisotopic (exact) mass is 451 g/mol. The zero-order valence-corrected chi connectivity index (χ0v) is 17.8. The van der Waals surface area contributed by atoms with Crippen LogP contribution in [-0.2, 0) is 19.0 Å². The van der Waals surface area contributed by atoms with Crippen molar-refractivity contribution in [3.05, 3.63) is 39.8 Å². The van der Waals surface area contributed by atoms with Gasteiger partial charge in [0.05, 0.1) is 18.8 Å². The Kier molecular flexibility index (Phi) is 7.97. The first-order valence-electron chi connectivity index (χ1n) is 9.16. The third-order valence-corrected chi connectivity index (χ3v) is 5.06. The lowest BCUT2D eigenvalue weighted by molar-refractivity contribution is -0.119. The van der Waals surface area contributed by atoms with Crippen molar-refractivity contribution in [2.75, 3.05) is 25.1 Å². The number of phenols is 2. The summed E-state index contributed by atoms with van der Waals surface area (Å²) in [5, 5.41) is 21.4. The maximum Gasteiger partial charge on any atom is 0.348 e. The number of phenolic OH excluding ortho intramolecular Hbond substituents is 2. The number of esters is 3. The van der Waals surface area contributed by atoms with E-state index in [4.69, 9.17) is 14.2 Å². The smallest absolute Gasteiger partial charge is 0.348 e. The molecule has 31 heavy (non-hydrogen) atoms. The summed E-state index contributed by atoms with van der Waals surface area (Å²) in [6.07, 6.45) is 0. The molecule has 0 aliphatic heterocycles. The van der Waals surface area contributed by atoms with Crippen LogP contribution in [-0.4, -0.2) is 53.8 Å². The summed E-state index contributed by atoms with van der Waals surface area (Å²) in [6, 6.07) is 3.26. The second kappa shape index (κ2) is 10.4. The number of carbonyl (C=O) groups is 4. The van der Waals surface area contributed by atoms with Gasteiger partial charge in [-0.15, -0.1) is 11.3 Å². The lowest BCUT2D eigenvalue weighted by atomic mass is 10.1. The molecule has 11 heteroatoms. The van der Waals surface area contributed by atoms with E-state index in [1.807, 2.05) is 0 Å². The third-order valence-electron chi connectivity index (χ3n) is 3.88. The molecule has 2 rings (SSSR count). The number of carbonyl (C=O) groups excluding carboxylic acids is 4. The number of anilines is 1. The molecule has 1 aromatic heterocycles. The first-order chi connectivity index (χ1) is 14.7. The molecule has 0 radical (unpaired) electrons. The van der Waals surface area contributed by atoms with Crippen LogP contribution in [0, 0.1) is 6.92 Å². The van der Waals surface area contributed by atoms with Crippen LogP contribution in [0.4, 0.5) is 5.00 Å². The molecule has 0 bridgehead atoms. The Labute approximate surface area is 181 Å². The van der Waals surface area contributed by atoms with Crippen LogP contribution in [0.25, 0.3) is 0 Å². The zero-order chi connectivity index (χ0) is 23.1. The fourth-order valence-corrected chi connectivity index (χ4v) is 3.61. The molecule has 0 spiro atoms. The van der Waals surface area contributed by atoms with Crippen LogP contribution in [0.15, 0.2) is 18.2 Å². The molecule has 1 amide bonds. The molecule has 0 saturated carbocycles. The van der Waals surface area contributed by atoms with Crippen LogP contribution in [0.5, 0.6) is 11.5 Å². The second-order valence-electron chi connectivity index (χ2n) is 6.03. The van der Waals surface area contributed by atoms with Gasteiger partial charge in [0.1, 0.15) is 26.9 Å². The highest BCUT2D eigenvalue weighted by molar-refractivity contribution is 7.18. The summed E-state index contributed by atoms with van der Waals surface area (Å²) >= 11 is 0.836. The molecular weight excluding hydrogens is 430 g/mol. The van der Waals surface area contributed by atoms with Crippen molar-refractivity contribution in [2.24, 2.45) is 0 Å². The largest absolute Gasteiger partial charge is 0.508 e. The standard InChI is InChI=1S/C20H21NO9S/c1-4-28-19(26)15-10(3)16(20(27)29-5-2)31-17(15)21-14(24)9-30-18(25)12-7-6-11(22)8-13(12)23/h6-8,22-23H,4-5,9H2,1-3H3,(H,21,24). The number of amides is 1. The van der Waals surface area contributed by atoms with Crippen molar-refractivity contribution >= 4 is 40.2 Å².